The smallest absolute Gasteiger partial charge is 0.199 e. The summed E-state index contributed by atoms with van der Waals surface area (Å²) in [6, 6.07) is 0.140. The van der Waals surface area contributed by atoms with Gasteiger partial charge in [0.2, 0.25) is 0 Å². The van der Waals surface area contributed by atoms with E-state index >= 15 is 0 Å². The van der Waals surface area contributed by atoms with Crippen molar-refractivity contribution in [3.05, 3.63) is 30.8 Å². The maximum absolute atomic E-state index is 9.14. The predicted molar refractivity (Wildman–Crippen MR) is 69.0 cm³/mol. The highest BCUT2D eigenvalue weighted by molar-refractivity contribution is 5.93. The third-order valence-electron chi connectivity index (χ3n) is 3.58. The van der Waals surface area contributed by atoms with Gasteiger partial charge in [0.1, 0.15) is 5.69 Å². The van der Waals surface area contributed by atoms with Crippen LogP contribution in [-0.4, -0.2) is 27.2 Å². The Bertz CT molecular complexity index is 571. The van der Waals surface area contributed by atoms with Crippen LogP contribution in [0.1, 0.15) is 18.2 Å². The Morgan fingerprint density at radius 1 is 1.56 bits per heavy atom. The summed E-state index contributed by atoms with van der Waals surface area (Å²) in [5, 5.41) is 12.0. The van der Waals surface area contributed by atoms with Crippen molar-refractivity contribution in [2.45, 2.75) is 12.5 Å². The highest BCUT2D eigenvalue weighted by Gasteiger charge is 2.36. The van der Waals surface area contributed by atoms with Crippen molar-refractivity contribution in [2.75, 3.05) is 6.61 Å². The quantitative estimate of drug-likeness (QED) is 0.662. The molecule has 6 nitrogen and oxygen atoms in total. The Hall–Kier alpha value is -2.08. The molecule has 6 heteroatoms. The minimum atomic E-state index is 0.140. The summed E-state index contributed by atoms with van der Waals surface area (Å²) in [7, 11) is 0. The van der Waals surface area contributed by atoms with Gasteiger partial charge in [-0.25, -0.2) is 4.98 Å². The Labute approximate surface area is 105 Å². The molecule has 0 bridgehead atoms. The van der Waals surface area contributed by atoms with Crippen molar-refractivity contribution >= 4 is 17.5 Å². The van der Waals surface area contributed by atoms with E-state index in [1.54, 1.807) is 6.33 Å². The van der Waals surface area contributed by atoms with Gasteiger partial charge in [0.05, 0.1) is 18.1 Å². The van der Waals surface area contributed by atoms with Gasteiger partial charge in [-0.1, -0.05) is 13.2 Å². The molecule has 1 aromatic rings. The van der Waals surface area contributed by atoms with Gasteiger partial charge in [-0.05, 0) is 12.0 Å². The molecular formula is C12H15N5O. The fourth-order valence-electron chi connectivity index (χ4n) is 2.43. The third-order valence-corrected chi connectivity index (χ3v) is 3.58. The molecule has 4 N–H and O–H groups in total. The fraction of sp³-hybridized carbons (Fsp3) is 0.333. The maximum atomic E-state index is 9.14. The van der Waals surface area contributed by atoms with Gasteiger partial charge in [-0.2, -0.15) is 4.99 Å². The number of aliphatic hydroxyl groups excluding tert-OH is 1. The van der Waals surface area contributed by atoms with E-state index in [9.17, 15) is 0 Å². The number of nitrogens with one attached hydrogen (secondary N) is 1. The van der Waals surface area contributed by atoms with Gasteiger partial charge in [-0.15, -0.1) is 0 Å². The lowest BCUT2D eigenvalue weighted by atomic mass is 9.76. The largest absolute Gasteiger partial charge is 0.396 e. The molecule has 1 saturated carbocycles. The summed E-state index contributed by atoms with van der Waals surface area (Å²) in [4.78, 5) is 8.56. The molecule has 3 rings (SSSR count). The number of aliphatic hydroxyl groups is 1. The van der Waals surface area contributed by atoms with E-state index in [0.29, 0.717) is 23.2 Å². The summed E-state index contributed by atoms with van der Waals surface area (Å²) in [5.74, 6) is 1.20. The van der Waals surface area contributed by atoms with Crippen LogP contribution >= 0.6 is 0 Å². The molecule has 1 aliphatic carbocycles. The molecule has 1 aromatic heterocycles. The van der Waals surface area contributed by atoms with Gasteiger partial charge in [-0.3, -0.25) is 0 Å². The zero-order chi connectivity index (χ0) is 12.9. The van der Waals surface area contributed by atoms with E-state index in [1.807, 2.05) is 4.57 Å². The molecule has 0 aromatic carbocycles. The highest BCUT2D eigenvalue weighted by atomic mass is 16.3. The van der Waals surface area contributed by atoms with Gasteiger partial charge in [0, 0.05) is 12.5 Å². The van der Waals surface area contributed by atoms with Crippen LogP contribution in [0, 0.1) is 5.92 Å². The standard InChI is InChI=1S/C12H15N5O/c1-6-8(4-18)3-9(6)17-5-14-10-7(2)15-12(13)16-11(10)17/h5,8-9,18H,1-4H2,(H3,13,15,16)/t8-,9-/m0/s1. The first-order valence-corrected chi connectivity index (χ1v) is 5.78. The molecule has 0 amide bonds. The number of nitrogens with two attached hydrogens (primary N) is 1. The SMILES string of the molecule is C=C1NC(N)=Nc2c1ncn2[C@H]1C[C@@H](CO)C1=C. The summed E-state index contributed by atoms with van der Waals surface area (Å²) in [6.07, 6.45) is 2.58. The van der Waals surface area contributed by atoms with Crippen LogP contribution in [0.25, 0.3) is 5.70 Å². The minimum absolute atomic E-state index is 0.140. The Balaban J connectivity index is 1.98. The second kappa shape index (κ2) is 3.71. The number of aliphatic imine (C=N–C) groups is 1. The van der Waals surface area contributed by atoms with Gasteiger partial charge in [0.25, 0.3) is 0 Å². The molecule has 94 valence electrons. The lowest BCUT2D eigenvalue weighted by molar-refractivity contribution is 0.179. The fourth-order valence-corrected chi connectivity index (χ4v) is 2.43. The normalized spacial score (nSPS) is 26.2. The molecular weight excluding hydrogens is 230 g/mol. The summed E-state index contributed by atoms with van der Waals surface area (Å²) in [6.45, 7) is 8.02. The van der Waals surface area contributed by atoms with Crippen LogP contribution in [0.2, 0.25) is 0 Å². The molecule has 18 heavy (non-hydrogen) atoms. The molecule has 0 saturated heterocycles. The first-order valence-electron chi connectivity index (χ1n) is 5.78. The zero-order valence-electron chi connectivity index (χ0n) is 9.93. The van der Waals surface area contributed by atoms with Crippen molar-refractivity contribution in [3.8, 4) is 0 Å². The van der Waals surface area contributed by atoms with E-state index in [2.05, 4.69) is 28.5 Å². The number of guanidine groups is 1. The van der Waals surface area contributed by atoms with Crippen molar-refractivity contribution < 1.29 is 5.11 Å². The number of hydrogen-bond donors (Lipinski definition) is 3. The Morgan fingerprint density at radius 2 is 2.33 bits per heavy atom. The Morgan fingerprint density at radius 3 is 3.00 bits per heavy atom. The van der Waals surface area contributed by atoms with Crippen LogP contribution in [0.15, 0.2) is 30.1 Å². The van der Waals surface area contributed by atoms with Crippen molar-refractivity contribution in [2.24, 2.45) is 16.6 Å². The molecule has 0 radical (unpaired) electrons. The van der Waals surface area contributed by atoms with Crippen molar-refractivity contribution in [1.29, 1.82) is 0 Å². The van der Waals surface area contributed by atoms with Gasteiger partial charge in [0.15, 0.2) is 11.8 Å². The first kappa shape index (κ1) is 11.0. The number of imidazole rings is 1. The second-order valence-corrected chi connectivity index (χ2v) is 4.63. The minimum Gasteiger partial charge on any atom is -0.396 e. The number of aromatic nitrogens is 2. The molecule has 2 aliphatic rings. The van der Waals surface area contributed by atoms with E-state index in [1.165, 1.54) is 0 Å². The monoisotopic (exact) mass is 245 g/mol. The average molecular weight is 245 g/mol. The maximum Gasteiger partial charge on any atom is 0.199 e. The first-order chi connectivity index (χ1) is 8.61. The predicted octanol–water partition coefficient (Wildman–Crippen LogP) is 0.513. The van der Waals surface area contributed by atoms with E-state index in [4.69, 9.17) is 10.8 Å². The topological polar surface area (TPSA) is 88.5 Å². The molecule has 2 heterocycles. The van der Waals surface area contributed by atoms with Gasteiger partial charge >= 0.3 is 0 Å². The molecule has 1 fully saturated rings. The van der Waals surface area contributed by atoms with Crippen LogP contribution < -0.4 is 11.1 Å². The van der Waals surface area contributed by atoms with Crippen molar-refractivity contribution in [3.63, 3.8) is 0 Å². The summed E-state index contributed by atoms with van der Waals surface area (Å²) < 4.78 is 1.95. The van der Waals surface area contributed by atoms with Crippen LogP contribution in [0.4, 0.5) is 5.82 Å². The molecule has 1 aliphatic heterocycles. The Kier molecular flexibility index (Phi) is 2.27. The molecule has 2 atom stereocenters. The lowest BCUT2D eigenvalue weighted by Crippen LogP contribution is -2.34. The zero-order valence-corrected chi connectivity index (χ0v) is 9.93. The van der Waals surface area contributed by atoms with E-state index < -0.39 is 0 Å². The summed E-state index contributed by atoms with van der Waals surface area (Å²) in [5.41, 5.74) is 8.07. The number of fused-ring (bicyclic) bond motifs is 1. The number of rotatable bonds is 2. The van der Waals surface area contributed by atoms with Crippen LogP contribution in [-0.2, 0) is 0 Å². The number of nitrogens with zero attached hydrogens (tertiary/aromatic N) is 3. The van der Waals surface area contributed by atoms with Crippen molar-refractivity contribution in [1.82, 2.24) is 14.9 Å². The second-order valence-electron chi connectivity index (χ2n) is 4.63. The molecule has 0 spiro atoms. The summed E-state index contributed by atoms with van der Waals surface area (Å²) >= 11 is 0. The lowest BCUT2D eigenvalue weighted by Gasteiger charge is -2.38. The highest BCUT2D eigenvalue weighted by Crippen LogP contribution is 2.45. The number of hydrogen-bond acceptors (Lipinski definition) is 5. The molecule has 0 unspecified atom stereocenters. The van der Waals surface area contributed by atoms with E-state index in [-0.39, 0.29) is 18.6 Å². The van der Waals surface area contributed by atoms with Gasteiger partial charge < -0.3 is 20.7 Å². The van der Waals surface area contributed by atoms with Crippen LogP contribution in [0.5, 0.6) is 0 Å². The van der Waals surface area contributed by atoms with E-state index in [0.717, 1.165) is 12.0 Å². The average Bonchev–Trinajstić information content (AvgIpc) is 2.72. The van der Waals surface area contributed by atoms with Crippen LogP contribution in [0.3, 0.4) is 0 Å². The third kappa shape index (κ3) is 1.39.